The first-order valence-corrected chi connectivity index (χ1v) is 8.98. The van der Waals surface area contributed by atoms with Crippen LogP contribution in [0.3, 0.4) is 0 Å². The third-order valence-electron chi connectivity index (χ3n) is 4.33. The van der Waals surface area contributed by atoms with Crippen LogP contribution in [0.2, 0.25) is 0 Å². The second-order valence-corrected chi connectivity index (χ2v) is 6.14. The van der Waals surface area contributed by atoms with Crippen LogP contribution in [0.1, 0.15) is 11.1 Å². The zero-order chi connectivity index (χ0) is 19.8. The molecule has 3 rings (SSSR count). The van der Waals surface area contributed by atoms with Gasteiger partial charge in [0.2, 0.25) is 0 Å². The minimum absolute atomic E-state index is 0.00538. The Bertz CT molecular complexity index is 934. The number of benzene rings is 3. The van der Waals surface area contributed by atoms with Crippen molar-refractivity contribution in [2.75, 3.05) is 25.2 Å². The molecule has 5 nitrogen and oxygen atoms in total. The Labute approximate surface area is 165 Å². The summed E-state index contributed by atoms with van der Waals surface area (Å²) in [6.07, 6.45) is 0. The Kier molecular flexibility index (Phi) is 6.50. The molecular weight excluding hydrogens is 352 g/mol. The van der Waals surface area contributed by atoms with E-state index in [-0.39, 0.29) is 6.61 Å². The van der Waals surface area contributed by atoms with Crippen LogP contribution in [-0.4, -0.2) is 25.4 Å². The highest BCUT2D eigenvalue weighted by Crippen LogP contribution is 2.35. The number of aliphatic hydroxyl groups excluding tert-OH is 1. The maximum absolute atomic E-state index is 9.50. The molecule has 0 amide bonds. The molecule has 0 saturated carbocycles. The van der Waals surface area contributed by atoms with Crippen LogP contribution in [0.25, 0.3) is 0 Å². The number of hydrogen-bond donors (Lipinski definition) is 1. The van der Waals surface area contributed by atoms with Gasteiger partial charge in [0.1, 0.15) is 6.61 Å². The van der Waals surface area contributed by atoms with Crippen LogP contribution in [0.5, 0.6) is 11.5 Å². The molecule has 0 aliphatic carbocycles. The Morgan fingerprint density at radius 1 is 0.929 bits per heavy atom. The van der Waals surface area contributed by atoms with Crippen molar-refractivity contribution >= 4 is 11.4 Å². The number of methoxy groups -OCH3 is 1. The lowest BCUT2D eigenvalue weighted by molar-refractivity contribution is 0.284. The first-order chi connectivity index (χ1) is 13.7. The molecule has 1 N–H and O–H groups in total. The number of rotatable bonds is 8. The number of ether oxygens (including phenoxy) is 2. The normalized spacial score (nSPS) is 10.2. The summed E-state index contributed by atoms with van der Waals surface area (Å²) in [6.45, 7) is 0.861. The van der Waals surface area contributed by atoms with E-state index in [4.69, 9.17) is 14.7 Å². The van der Waals surface area contributed by atoms with Crippen molar-refractivity contribution in [3.8, 4) is 17.6 Å². The van der Waals surface area contributed by atoms with Gasteiger partial charge in [-0.25, -0.2) is 0 Å². The number of aliphatic hydroxyl groups is 1. The van der Waals surface area contributed by atoms with E-state index in [1.165, 1.54) is 0 Å². The lowest BCUT2D eigenvalue weighted by Gasteiger charge is -2.25. The molecule has 0 unspecified atom stereocenters. The van der Waals surface area contributed by atoms with Crippen molar-refractivity contribution in [3.63, 3.8) is 0 Å². The summed E-state index contributed by atoms with van der Waals surface area (Å²) in [7, 11) is 1.60. The van der Waals surface area contributed by atoms with Crippen LogP contribution in [0, 0.1) is 11.3 Å². The van der Waals surface area contributed by atoms with Gasteiger partial charge in [-0.3, -0.25) is 0 Å². The van der Waals surface area contributed by atoms with Crippen LogP contribution in [-0.2, 0) is 6.61 Å². The fourth-order valence-electron chi connectivity index (χ4n) is 2.90. The van der Waals surface area contributed by atoms with Crippen molar-refractivity contribution in [3.05, 3.63) is 83.9 Å². The van der Waals surface area contributed by atoms with Gasteiger partial charge in [0.25, 0.3) is 0 Å². The molecule has 0 fully saturated rings. The molecule has 0 spiro atoms. The first-order valence-electron chi connectivity index (χ1n) is 8.98. The molecule has 0 saturated heterocycles. The van der Waals surface area contributed by atoms with E-state index in [0.29, 0.717) is 30.2 Å². The molecular formula is C23H22N2O3. The van der Waals surface area contributed by atoms with E-state index >= 15 is 0 Å². The SMILES string of the molecule is COc1cc(N(CCO)c2ccc(C#N)cc2)ccc1OCc1ccccc1. The highest BCUT2D eigenvalue weighted by molar-refractivity contribution is 5.67. The van der Waals surface area contributed by atoms with Crippen molar-refractivity contribution in [1.29, 1.82) is 5.26 Å². The van der Waals surface area contributed by atoms with Crippen molar-refractivity contribution < 1.29 is 14.6 Å². The van der Waals surface area contributed by atoms with Crippen LogP contribution < -0.4 is 14.4 Å². The Balaban J connectivity index is 1.84. The third-order valence-corrected chi connectivity index (χ3v) is 4.33. The van der Waals surface area contributed by atoms with Gasteiger partial charge >= 0.3 is 0 Å². The van der Waals surface area contributed by atoms with Gasteiger partial charge in [-0.05, 0) is 42.0 Å². The predicted octanol–water partition coefficient (Wildman–Crippen LogP) is 4.28. The minimum atomic E-state index is -0.00538. The average molecular weight is 374 g/mol. The van der Waals surface area contributed by atoms with Crippen molar-refractivity contribution in [2.24, 2.45) is 0 Å². The second kappa shape index (κ2) is 9.45. The van der Waals surface area contributed by atoms with E-state index in [1.54, 1.807) is 19.2 Å². The number of hydrogen-bond acceptors (Lipinski definition) is 5. The molecule has 5 heteroatoms. The average Bonchev–Trinajstić information content (AvgIpc) is 2.77. The highest BCUT2D eigenvalue weighted by Gasteiger charge is 2.13. The topological polar surface area (TPSA) is 65.7 Å². The summed E-state index contributed by atoms with van der Waals surface area (Å²) in [5.74, 6) is 1.27. The largest absolute Gasteiger partial charge is 0.493 e. The first kappa shape index (κ1) is 19.3. The summed E-state index contributed by atoms with van der Waals surface area (Å²) in [4.78, 5) is 1.96. The molecule has 0 atom stereocenters. The maximum atomic E-state index is 9.50. The van der Waals surface area contributed by atoms with Gasteiger partial charge in [-0.15, -0.1) is 0 Å². The number of nitrogens with zero attached hydrogens (tertiary/aromatic N) is 2. The summed E-state index contributed by atoms with van der Waals surface area (Å²) in [5, 5.41) is 18.5. The molecule has 0 aromatic heterocycles. The monoisotopic (exact) mass is 374 g/mol. The van der Waals surface area contributed by atoms with Gasteiger partial charge in [0.15, 0.2) is 11.5 Å². The van der Waals surface area contributed by atoms with Crippen LogP contribution in [0.15, 0.2) is 72.8 Å². The fraction of sp³-hybridized carbons (Fsp3) is 0.174. The second-order valence-electron chi connectivity index (χ2n) is 6.14. The summed E-state index contributed by atoms with van der Waals surface area (Å²) < 4.78 is 11.4. The van der Waals surface area contributed by atoms with Gasteiger partial charge in [0.05, 0.1) is 25.3 Å². The van der Waals surface area contributed by atoms with E-state index in [0.717, 1.165) is 16.9 Å². The minimum Gasteiger partial charge on any atom is -0.493 e. The van der Waals surface area contributed by atoms with Crippen LogP contribution in [0.4, 0.5) is 11.4 Å². The molecule has 3 aromatic carbocycles. The molecule has 0 bridgehead atoms. The highest BCUT2D eigenvalue weighted by atomic mass is 16.5. The van der Waals surface area contributed by atoms with Crippen molar-refractivity contribution in [1.82, 2.24) is 0 Å². The number of anilines is 2. The van der Waals surface area contributed by atoms with Gasteiger partial charge < -0.3 is 19.5 Å². The lowest BCUT2D eigenvalue weighted by Crippen LogP contribution is -2.21. The van der Waals surface area contributed by atoms with Gasteiger partial charge in [0, 0.05) is 24.0 Å². The maximum Gasteiger partial charge on any atom is 0.162 e. The number of nitriles is 1. The molecule has 0 heterocycles. The summed E-state index contributed by atoms with van der Waals surface area (Å²) in [6, 6.07) is 25.0. The molecule has 142 valence electrons. The Morgan fingerprint density at radius 3 is 2.29 bits per heavy atom. The van der Waals surface area contributed by atoms with E-state index in [1.807, 2.05) is 65.6 Å². The standard InChI is InChI=1S/C23H22N2O3/c1-27-23-15-21(11-12-22(23)28-17-19-5-3-2-4-6-19)25(13-14-26)20-9-7-18(16-24)8-10-20/h2-12,15,26H,13-14,17H2,1H3. The quantitative estimate of drug-likeness (QED) is 0.638. The summed E-state index contributed by atoms with van der Waals surface area (Å²) in [5.41, 5.74) is 3.42. The molecule has 3 aromatic rings. The van der Waals surface area contributed by atoms with Crippen molar-refractivity contribution in [2.45, 2.75) is 6.61 Å². The van der Waals surface area contributed by atoms with Gasteiger partial charge in [-0.1, -0.05) is 30.3 Å². The molecule has 0 aliphatic rings. The van der Waals surface area contributed by atoms with E-state index in [2.05, 4.69) is 6.07 Å². The van der Waals surface area contributed by atoms with E-state index in [9.17, 15) is 5.11 Å². The molecule has 0 radical (unpaired) electrons. The third kappa shape index (κ3) is 4.61. The smallest absolute Gasteiger partial charge is 0.162 e. The zero-order valence-electron chi connectivity index (χ0n) is 15.7. The van der Waals surface area contributed by atoms with E-state index < -0.39 is 0 Å². The lowest BCUT2D eigenvalue weighted by atomic mass is 10.2. The zero-order valence-corrected chi connectivity index (χ0v) is 15.7. The Morgan fingerprint density at radius 2 is 1.64 bits per heavy atom. The van der Waals surface area contributed by atoms with Gasteiger partial charge in [-0.2, -0.15) is 5.26 Å². The molecule has 0 aliphatic heterocycles. The predicted molar refractivity (Wildman–Crippen MR) is 109 cm³/mol. The fourth-order valence-corrected chi connectivity index (χ4v) is 2.90. The Hall–Kier alpha value is -3.49. The molecule has 28 heavy (non-hydrogen) atoms. The van der Waals surface area contributed by atoms with Crippen LogP contribution >= 0.6 is 0 Å². The summed E-state index contributed by atoms with van der Waals surface area (Å²) >= 11 is 0.